The van der Waals surface area contributed by atoms with Crippen LogP contribution in [0.2, 0.25) is 0 Å². The molecule has 2 aromatic rings. The molecule has 0 heterocycles. The van der Waals surface area contributed by atoms with Crippen LogP contribution in [0.1, 0.15) is 36.0 Å². The van der Waals surface area contributed by atoms with E-state index in [0.717, 1.165) is 12.8 Å². The molecule has 0 radical (unpaired) electrons. The first-order valence-corrected chi connectivity index (χ1v) is 8.84. The SMILES string of the molecule is CN(C)C(=O)c1cccc([N-]c2c(NC3CCCC[C@H]3O)c(=O)c2=O)c1O.[Li+]. The number of rotatable bonds is 5. The number of anilines is 1. The van der Waals surface area contributed by atoms with Crippen LogP contribution in [-0.4, -0.2) is 47.3 Å². The molecule has 2 atom stereocenters. The molecule has 0 saturated heterocycles. The Hall–Kier alpha value is -2.27. The average Bonchev–Trinajstić information content (AvgIpc) is 2.66. The summed E-state index contributed by atoms with van der Waals surface area (Å²) in [5.74, 6) is -0.758. The van der Waals surface area contributed by atoms with Gasteiger partial charge in [0.1, 0.15) is 5.75 Å². The zero-order chi connectivity index (χ0) is 19.7. The number of benzene rings is 1. The molecule has 1 saturated carbocycles. The van der Waals surface area contributed by atoms with Crippen molar-refractivity contribution in [3.8, 4) is 5.75 Å². The van der Waals surface area contributed by atoms with E-state index in [1.165, 1.54) is 17.0 Å². The first-order valence-electron chi connectivity index (χ1n) is 8.84. The topological polar surface area (TPSA) is 121 Å². The number of phenols is 1. The summed E-state index contributed by atoms with van der Waals surface area (Å²) in [6.07, 6.45) is 2.58. The van der Waals surface area contributed by atoms with Crippen molar-refractivity contribution in [2.24, 2.45) is 0 Å². The van der Waals surface area contributed by atoms with Gasteiger partial charge in [-0.2, -0.15) is 0 Å². The van der Waals surface area contributed by atoms with Crippen LogP contribution in [0.3, 0.4) is 0 Å². The molecule has 8 nitrogen and oxygen atoms in total. The third-order valence-electron chi connectivity index (χ3n) is 4.83. The zero-order valence-corrected chi connectivity index (χ0v) is 16.2. The Bertz CT molecular complexity index is 936. The second-order valence-electron chi connectivity index (χ2n) is 6.97. The minimum atomic E-state index is -0.758. The summed E-state index contributed by atoms with van der Waals surface area (Å²) in [5.41, 5.74) is -1.41. The van der Waals surface area contributed by atoms with E-state index in [4.69, 9.17) is 0 Å². The van der Waals surface area contributed by atoms with Crippen molar-refractivity contribution in [1.82, 2.24) is 4.90 Å². The van der Waals surface area contributed by atoms with Gasteiger partial charge in [0.15, 0.2) is 0 Å². The van der Waals surface area contributed by atoms with E-state index in [1.54, 1.807) is 20.2 Å². The Balaban J connectivity index is 0.00000280. The predicted molar refractivity (Wildman–Crippen MR) is 102 cm³/mol. The first kappa shape index (κ1) is 22.0. The second kappa shape index (κ2) is 8.82. The summed E-state index contributed by atoms with van der Waals surface area (Å²) in [5, 5.41) is 27.5. The summed E-state index contributed by atoms with van der Waals surface area (Å²) >= 11 is 0. The number of nitrogens with one attached hydrogen (secondary N) is 1. The van der Waals surface area contributed by atoms with Crippen LogP contribution in [0.5, 0.6) is 5.75 Å². The van der Waals surface area contributed by atoms with Gasteiger partial charge >= 0.3 is 18.9 Å². The smallest absolute Gasteiger partial charge is 0.650 e. The van der Waals surface area contributed by atoms with Gasteiger partial charge in [0.2, 0.25) is 10.9 Å². The molecule has 1 amide bonds. The number of phenolic OH excluding ortho intramolecular Hbond substituents is 1. The quantitative estimate of drug-likeness (QED) is 0.441. The van der Waals surface area contributed by atoms with Gasteiger partial charge in [-0.1, -0.05) is 36.3 Å². The number of nitrogens with zero attached hydrogens (tertiary/aromatic N) is 2. The Morgan fingerprint density at radius 3 is 2.50 bits per heavy atom. The van der Waals surface area contributed by atoms with Gasteiger partial charge in [-0.25, -0.2) is 0 Å². The number of carbonyl (C=O) groups excluding carboxylic acids is 1. The van der Waals surface area contributed by atoms with E-state index in [1.807, 2.05) is 0 Å². The molecule has 0 aliphatic heterocycles. The summed E-state index contributed by atoms with van der Waals surface area (Å²) in [7, 11) is 3.11. The van der Waals surface area contributed by atoms with Crippen molar-refractivity contribution >= 4 is 23.0 Å². The Kier molecular flexibility index (Phi) is 6.94. The van der Waals surface area contributed by atoms with Gasteiger partial charge in [-0.05, 0) is 18.9 Å². The molecule has 3 N–H and O–H groups in total. The molecule has 1 unspecified atom stereocenters. The van der Waals surface area contributed by atoms with Crippen molar-refractivity contribution in [3.63, 3.8) is 0 Å². The average molecular weight is 379 g/mol. The van der Waals surface area contributed by atoms with Crippen LogP contribution in [-0.2, 0) is 0 Å². The maximum absolute atomic E-state index is 12.1. The van der Waals surface area contributed by atoms with E-state index in [0.29, 0.717) is 12.8 Å². The molecule has 2 aromatic carbocycles. The van der Waals surface area contributed by atoms with Crippen LogP contribution < -0.4 is 35.0 Å². The normalized spacial score (nSPS) is 19.0. The number of hydrogen-bond acceptors (Lipinski definition) is 6. The van der Waals surface area contributed by atoms with E-state index in [-0.39, 0.29) is 53.3 Å². The standard InChI is InChI=1S/C19H23N3O5.Li/c1-22(2)19(27)10-6-5-8-12(16(10)24)21-15-14(17(25)18(15)26)20-11-7-3-4-9-13(11)23;/h5-6,8,11,13,23H,3-4,7,9H2,1-2H3,(H3,20,21,24,25,26,27);/q;+1/p-1/t11?,13-;/m1./s1. The predicted octanol–water partition coefficient (Wildman–Crippen LogP) is -1.25. The van der Waals surface area contributed by atoms with Crippen molar-refractivity contribution < 1.29 is 33.9 Å². The second-order valence-corrected chi connectivity index (χ2v) is 6.97. The van der Waals surface area contributed by atoms with Gasteiger partial charge < -0.3 is 25.7 Å². The Labute approximate surface area is 174 Å². The molecule has 144 valence electrons. The number of aliphatic hydroxyl groups is 1. The number of aliphatic hydroxyl groups excluding tert-OH is 1. The van der Waals surface area contributed by atoms with Gasteiger partial charge in [-0.3, -0.25) is 14.4 Å². The molecular formula is C19H22LiN3O5. The number of para-hydroxylation sites is 1. The summed E-state index contributed by atoms with van der Waals surface area (Å²) in [6.45, 7) is 0. The van der Waals surface area contributed by atoms with Gasteiger partial charge in [0, 0.05) is 14.1 Å². The summed E-state index contributed by atoms with van der Waals surface area (Å²) < 4.78 is 0. The van der Waals surface area contributed by atoms with E-state index in [2.05, 4.69) is 10.6 Å². The van der Waals surface area contributed by atoms with Crippen molar-refractivity contribution in [2.75, 3.05) is 19.4 Å². The summed E-state index contributed by atoms with van der Waals surface area (Å²) in [6, 6.07) is 4.14. The summed E-state index contributed by atoms with van der Waals surface area (Å²) in [4.78, 5) is 37.4. The molecular weight excluding hydrogens is 357 g/mol. The minimum Gasteiger partial charge on any atom is -0.650 e. The van der Waals surface area contributed by atoms with Gasteiger partial charge in [-0.15, -0.1) is 0 Å². The molecule has 1 aliphatic carbocycles. The van der Waals surface area contributed by atoms with Crippen molar-refractivity contribution in [2.45, 2.75) is 37.8 Å². The van der Waals surface area contributed by atoms with Crippen LogP contribution in [0.15, 0.2) is 27.8 Å². The monoisotopic (exact) mass is 379 g/mol. The van der Waals surface area contributed by atoms with Crippen molar-refractivity contribution in [3.05, 3.63) is 49.5 Å². The van der Waals surface area contributed by atoms with Gasteiger partial charge in [0.25, 0.3) is 5.91 Å². The first-order chi connectivity index (χ1) is 12.8. The maximum Gasteiger partial charge on any atom is 1.00 e. The molecule has 9 heteroatoms. The fourth-order valence-electron chi connectivity index (χ4n) is 3.24. The minimum absolute atomic E-state index is 0. The Morgan fingerprint density at radius 2 is 1.86 bits per heavy atom. The van der Waals surface area contributed by atoms with E-state index >= 15 is 0 Å². The zero-order valence-electron chi connectivity index (χ0n) is 16.2. The molecule has 3 rings (SSSR count). The largest absolute Gasteiger partial charge is 1.00 e. The molecule has 0 aromatic heterocycles. The molecule has 28 heavy (non-hydrogen) atoms. The fourth-order valence-corrected chi connectivity index (χ4v) is 3.24. The van der Waals surface area contributed by atoms with Crippen LogP contribution in [0.25, 0.3) is 5.32 Å². The van der Waals surface area contributed by atoms with Gasteiger partial charge in [0.05, 0.1) is 23.4 Å². The number of hydrogen-bond donors (Lipinski definition) is 3. The number of carbonyl (C=O) groups is 1. The van der Waals surface area contributed by atoms with Crippen LogP contribution in [0.4, 0.5) is 17.1 Å². The van der Waals surface area contributed by atoms with E-state index in [9.17, 15) is 24.6 Å². The molecule has 0 bridgehead atoms. The maximum atomic E-state index is 12.1. The molecule has 1 aliphatic rings. The van der Waals surface area contributed by atoms with E-state index < -0.39 is 22.9 Å². The molecule has 1 fully saturated rings. The number of aromatic hydroxyl groups is 1. The number of amides is 1. The third-order valence-corrected chi connectivity index (χ3v) is 4.83. The molecule has 0 spiro atoms. The third kappa shape index (κ3) is 4.09. The fraction of sp³-hybridized carbons (Fsp3) is 0.421. The van der Waals surface area contributed by atoms with Crippen LogP contribution >= 0.6 is 0 Å². The Morgan fingerprint density at radius 1 is 1.18 bits per heavy atom. The van der Waals surface area contributed by atoms with Crippen LogP contribution in [0, 0.1) is 0 Å². The van der Waals surface area contributed by atoms with Crippen molar-refractivity contribution in [1.29, 1.82) is 0 Å².